The maximum absolute atomic E-state index is 7.56. The molecule has 2 aliphatic rings. The lowest BCUT2D eigenvalue weighted by Gasteiger charge is -2.34. The van der Waals surface area contributed by atoms with Gasteiger partial charge >= 0.3 is 7.12 Å². The second kappa shape index (κ2) is 5.80. The normalized spacial score (nSPS) is 26.7. The van der Waals surface area contributed by atoms with Crippen molar-refractivity contribution >= 4 is 18.3 Å². The van der Waals surface area contributed by atoms with Gasteiger partial charge in [-0.1, -0.05) is 6.07 Å². The lowest BCUT2D eigenvalue weighted by Crippen LogP contribution is -2.45. The number of anilines is 1. The quantitative estimate of drug-likeness (QED) is 0.779. The molecule has 2 saturated heterocycles. The van der Waals surface area contributed by atoms with Crippen LogP contribution in [0, 0.1) is 6.92 Å². The van der Waals surface area contributed by atoms with Crippen molar-refractivity contribution in [3.05, 3.63) is 23.8 Å². The Morgan fingerprint density at radius 3 is 2.17 bits per heavy atom. The van der Waals surface area contributed by atoms with E-state index >= 15 is 0 Å². The van der Waals surface area contributed by atoms with Crippen molar-refractivity contribution < 1.29 is 13.4 Å². The summed E-state index contributed by atoms with van der Waals surface area (Å²) in [6.07, 6.45) is 0. The van der Waals surface area contributed by atoms with Gasteiger partial charge in [0.1, 0.15) is 0 Å². The molecule has 2 heterocycles. The van der Waals surface area contributed by atoms with E-state index in [-0.39, 0.29) is 18.3 Å². The molecule has 5 heteroatoms. The van der Waals surface area contributed by atoms with Crippen LogP contribution in [0.2, 0.25) is 0 Å². The van der Waals surface area contributed by atoms with Crippen molar-refractivity contribution in [2.24, 2.45) is 0 Å². The fourth-order valence-electron chi connectivity index (χ4n) is 3.05. The second-order valence-corrected chi connectivity index (χ2v) is 7.66. The smallest absolute Gasteiger partial charge is 0.399 e. The molecule has 0 bridgehead atoms. The molecular weight excluding hydrogens is 287 g/mol. The van der Waals surface area contributed by atoms with Crippen molar-refractivity contribution in [1.29, 1.82) is 0 Å². The molecule has 0 N–H and O–H groups in total. The second-order valence-electron chi connectivity index (χ2n) is 7.66. The highest BCUT2D eigenvalue weighted by Crippen LogP contribution is 2.36. The third-order valence-corrected chi connectivity index (χ3v) is 5.25. The van der Waals surface area contributed by atoms with Gasteiger partial charge in [-0.15, -0.1) is 0 Å². The SMILES string of the molecule is [2H]C([2H])([2H])N1CCN(c2cc(C)cc(B3OC(C)(C)C(C)(C)O3)c2)CC1. The highest BCUT2D eigenvalue weighted by molar-refractivity contribution is 6.62. The summed E-state index contributed by atoms with van der Waals surface area (Å²) in [6, 6.07) is 6.35. The summed E-state index contributed by atoms with van der Waals surface area (Å²) >= 11 is 0. The maximum Gasteiger partial charge on any atom is 0.494 e. The van der Waals surface area contributed by atoms with Crippen LogP contribution in [0.4, 0.5) is 5.69 Å². The Hall–Kier alpha value is -1.04. The molecule has 4 nitrogen and oxygen atoms in total. The Kier molecular flexibility index (Phi) is 3.35. The standard InChI is InChI=1S/C18H29BN2O2/c1-14-11-15(19-22-17(2,3)18(4,5)23-19)13-16(12-14)21-9-7-20(6)8-10-21/h11-13H,7-10H2,1-6H3/i6D3. The zero-order valence-corrected chi connectivity index (χ0v) is 14.8. The highest BCUT2D eigenvalue weighted by atomic mass is 16.7. The molecule has 2 fully saturated rings. The Bertz CT molecular complexity index is 655. The Labute approximate surface area is 145 Å². The summed E-state index contributed by atoms with van der Waals surface area (Å²) in [4.78, 5) is 3.80. The van der Waals surface area contributed by atoms with E-state index in [1.54, 1.807) is 4.90 Å². The van der Waals surface area contributed by atoms with Gasteiger partial charge in [0.05, 0.1) is 11.2 Å². The molecule has 0 saturated carbocycles. The lowest BCUT2D eigenvalue weighted by atomic mass is 9.78. The summed E-state index contributed by atoms with van der Waals surface area (Å²) < 4.78 is 35.1. The fraction of sp³-hybridized carbons (Fsp3) is 0.667. The van der Waals surface area contributed by atoms with Gasteiger partial charge in [0.25, 0.3) is 0 Å². The minimum atomic E-state index is -2.01. The zero-order valence-electron chi connectivity index (χ0n) is 17.8. The number of hydrogen-bond donors (Lipinski definition) is 0. The zero-order chi connectivity index (χ0) is 19.3. The van der Waals surface area contributed by atoms with E-state index in [0.717, 1.165) is 16.7 Å². The highest BCUT2D eigenvalue weighted by Gasteiger charge is 2.51. The van der Waals surface area contributed by atoms with Crippen LogP contribution < -0.4 is 10.4 Å². The van der Waals surface area contributed by atoms with E-state index in [2.05, 4.69) is 57.7 Å². The number of aryl methyl sites for hydroxylation is 1. The molecule has 23 heavy (non-hydrogen) atoms. The predicted octanol–water partition coefficient (Wildman–Crippen LogP) is 2.05. The van der Waals surface area contributed by atoms with Crippen molar-refractivity contribution in [2.45, 2.75) is 45.8 Å². The molecule has 1 aromatic carbocycles. The van der Waals surface area contributed by atoms with Crippen molar-refractivity contribution in [2.75, 3.05) is 38.1 Å². The van der Waals surface area contributed by atoms with Crippen molar-refractivity contribution in [1.82, 2.24) is 4.90 Å². The van der Waals surface area contributed by atoms with Gasteiger partial charge in [-0.2, -0.15) is 0 Å². The molecule has 0 unspecified atom stereocenters. The van der Waals surface area contributed by atoms with Gasteiger partial charge in [0.2, 0.25) is 0 Å². The van der Waals surface area contributed by atoms with Gasteiger partial charge in [-0.3, -0.25) is 0 Å². The number of likely N-dealkylation sites (N-methyl/N-ethyl adjacent to an activating group) is 1. The molecule has 0 atom stereocenters. The van der Waals surface area contributed by atoms with E-state index in [1.165, 1.54) is 0 Å². The molecule has 3 rings (SSSR count). The lowest BCUT2D eigenvalue weighted by molar-refractivity contribution is 0.00578. The van der Waals surface area contributed by atoms with Crippen LogP contribution >= 0.6 is 0 Å². The molecule has 0 aliphatic carbocycles. The first-order chi connectivity index (χ1) is 11.9. The number of nitrogens with zero attached hydrogens (tertiary/aromatic N) is 2. The van der Waals surface area contributed by atoms with Gasteiger partial charge < -0.3 is 19.1 Å². The van der Waals surface area contributed by atoms with Crippen LogP contribution in [0.1, 0.15) is 37.4 Å². The first-order valence-corrected chi connectivity index (χ1v) is 8.36. The molecule has 0 amide bonds. The van der Waals surface area contributed by atoms with E-state index in [9.17, 15) is 0 Å². The number of benzene rings is 1. The fourth-order valence-corrected chi connectivity index (χ4v) is 3.05. The summed E-state index contributed by atoms with van der Waals surface area (Å²) in [6.45, 7) is 10.7. The van der Waals surface area contributed by atoms with E-state index in [0.29, 0.717) is 26.2 Å². The van der Waals surface area contributed by atoms with Gasteiger partial charge in [-0.25, -0.2) is 0 Å². The maximum atomic E-state index is 7.56. The summed E-state index contributed by atoms with van der Waals surface area (Å²) in [5, 5.41) is 0. The van der Waals surface area contributed by atoms with Gasteiger partial charge in [0, 0.05) is 36.0 Å². The molecule has 0 spiro atoms. The summed E-state index contributed by atoms with van der Waals surface area (Å²) in [5.41, 5.74) is 2.52. The molecule has 0 radical (unpaired) electrons. The number of rotatable bonds is 2. The number of piperazine rings is 1. The minimum Gasteiger partial charge on any atom is -0.399 e. The van der Waals surface area contributed by atoms with Gasteiger partial charge in [0.15, 0.2) is 0 Å². The average molecular weight is 319 g/mol. The van der Waals surface area contributed by atoms with Crippen LogP contribution in [-0.4, -0.2) is 56.4 Å². The Morgan fingerprint density at radius 1 is 1.00 bits per heavy atom. The van der Waals surface area contributed by atoms with Crippen molar-refractivity contribution in [3.8, 4) is 0 Å². The van der Waals surface area contributed by atoms with E-state index < -0.39 is 6.98 Å². The summed E-state index contributed by atoms with van der Waals surface area (Å²) in [5.74, 6) is 0. The van der Waals surface area contributed by atoms with E-state index in [4.69, 9.17) is 13.4 Å². The Morgan fingerprint density at radius 2 is 1.61 bits per heavy atom. The Balaban J connectivity index is 1.78. The topological polar surface area (TPSA) is 24.9 Å². The van der Waals surface area contributed by atoms with Gasteiger partial charge in [-0.05, 0) is 64.8 Å². The molecule has 0 aromatic heterocycles. The predicted molar refractivity (Wildman–Crippen MR) is 96.6 cm³/mol. The first-order valence-electron chi connectivity index (χ1n) is 9.86. The largest absolute Gasteiger partial charge is 0.494 e. The first kappa shape index (κ1) is 13.3. The monoisotopic (exact) mass is 319 g/mol. The molecule has 126 valence electrons. The van der Waals surface area contributed by atoms with Crippen LogP contribution in [0.25, 0.3) is 0 Å². The van der Waals surface area contributed by atoms with Crippen molar-refractivity contribution in [3.63, 3.8) is 0 Å². The van der Waals surface area contributed by atoms with Crippen LogP contribution in [0.5, 0.6) is 0 Å². The average Bonchev–Trinajstić information content (AvgIpc) is 2.74. The third-order valence-electron chi connectivity index (χ3n) is 5.25. The van der Waals surface area contributed by atoms with Crippen LogP contribution in [-0.2, 0) is 9.31 Å². The summed E-state index contributed by atoms with van der Waals surface area (Å²) in [7, 11) is -0.387. The third kappa shape index (κ3) is 3.28. The molecule has 2 aliphatic heterocycles. The molecule has 1 aromatic rings. The minimum absolute atomic E-state index is 0.368. The van der Waals surface area contributed by atoms with E-state index in [1.807, 2.05) is 0 Å². The number of hydrogen-bond acceptors (Lipinski definition) is 4. The van der Waals surface area contributed by atoms with Crippen LogP contribution in [0.15, 0.2) is 18.2 Å². The molecular formula is C18H29BN2O2. The van der Waals surface area contributed by atoms with Crippen LogP contribution in [0.3, 0.4) is 0 Å².